The molecule has 3 aliphatic heterocycles. The van der Waals surface area contributed by atoms with Gasteiger partial charge < -0.3 is 85.4 Å². The summed E-state index contributed by atoms with van der Waals surface area (Å²) in [5.41, 5.74) is 12.1. The van der Waals surface area contributed by atoms with Gasteiger partial charge in [0.25, 0.3) is 11.8 Å². The Balaban J connectivity index is 0.000000240. The minimum atomic E-state index is -1.01. The number of aromatic carboxylic acids is 1. The highest BCUT2D eigenvalue weighted by Crippen LogP contribution is 2.33. The van der Waals surface area contributed by atoms with Crippen molar-refractivity contribution in [3.8, 4) is 0 Å². The summed E-state index contributed by atoms with van der Waals surface area (Å²) in [6.45, 7) is 11.7. The summed E-state index contributed by atoms with van der Waals surface area (Å²) < 4.78 is 48.1. The molecule has 6 aromatic rings. The number of carbonyl (C=O) groups excluding carboxylic acids is 5. The molecule has 3 heterocycles. The summed E-state index contributed by atoms with van der Waals surface area (Å²) in [6, 6.07) is 44.0. The zero-order valence-corrected chi connectivity index (χ0v) is 66.0. The van der Waals surface area contributed by atoms with E-state index in [1.807, 2.05) is 92.0 Å². The molecule has 0 saturated carbocycles. The van der Waals surface area contributed by atoms with E-state index in [9.17, 15) is 33.9 Å². The molecule has 0 radical (unpaired) electrons. The van der Waals surface area contributed by atoms with Crippen molar-refractivity contribution in [3.63, 3.8) is 0 Å². The number of carbonyl (C=O) groups is 6. The Hall–Kier alpha value is -7.91. The van der Waals surface area contributed by atoms with Crippen LogP contribution in [-0.2, 0) is 42.6 Å². The Kier molecular flexibility index (Phi) is 42.5. The number of carboxylic acids is 1. The second-order valence-corrected chi connectivity index (χ2v) is 28.3. The van der Waals surface area contributed by atoms with E-state index in [-0.39, 0.29) is 68.9 Å². The first-order chi connectivity index (χ1) is 52.8. The topological polar surface area (TPSA) is 304 Å². The summed E-state index contributed by atoms with van der Waals surface area (Å²) in [6.07, 6.45) is 11.0. The van der Waals surface area contributed by atoms with Gasteiger partial charge in [-0.05, 0) is 202 Å². The maximum atomic E-state index is 13.2. The number of carboxylic acid groups (broad SMARTS) is 1. The molecule has 3 aliphatic rings. The number of alkyl carbamates (subject to hydrolysis) is 3. The average Bonchev–Trinajstić information content (AvgIpc) is 0.836. The molecule has 109 heavy (non-hydrogen) atoms. The second kappa shape index (κ2) is 51.5. The fraction of sp³-hybridized carbons (Fsp3) is 0.494. The molecule has 3 fully saturated rings. The lowest BCUT2D eigenvalue weighted by molar-refractivity contribution is 0.0592. The number of rotatable bonds is 35. The number of nitrogens with two attached hydrogens (primary N) is 1. The maximum Gasteiger partial charge on any atom is 0.406 e. The SMILES string of the molecule is CCC[C@@H](N)CC1CCOCC1.CCC[C@H](CC1CCOCC1)NC(=O)c1cccc(C(OCCNC(=O)OC)c2cccc(Cl)c2)c1.CNC[C@H](CC1CCOCC1)NC(=O)c1cccc([C@@H](OCCNC(=O)OC)c2cccc(Cl)c2)c1.COC(=O)NCCOC(c1cccc(Cl)c1)c1cccc(C(=O)O)c1. The third kappa shape index (κ3) is 34.1. The van der Waals surface area contributed by atoms with E-state index in [2.05, 4.69) is 60.0 Å². The molecule has 3 saturated heterocycles. The zero-order valence-electron chi connectivity index (χ0n) is 63.7. The van der Waals surface area contributed by atoms with Crippen LogP contribution < -0.4 is 37.6 Å². The smallest absolute Gasteiger partial charge is 0.406 e. The van der Waals surface area contributed by atoms with E-state index in [1.54, 1.807) is 54.6 Å². The number of hydrogen-bond donors (Lipinski definition) is 8. The number of ether oxygens (including phenoxy) is 9. The normalized spacial score (nSPS) is 15.5. The number of amides is 5. The van der Waals surface area contributed by atoms with Crippen molar-refractivity contribution in [3.05, 3.63) is 211 Å². The molecule has 9 rings (SSSR count). The summed E-state index contributed by atoms with van der Waals surface area (Å²) in [4.78, 5) is 71.5. The van der Waals surface area contributed by atoms with Crippen LogP contribution in [0.15, 0.2) is 146 Å². The molecule has 9 N–H and O–H groups in total. The third-order valence-corrected chi connectivity index (χ3v) is 19.3. The Morgan fingerprint density at radius 3 is 1.09 bits per heavy atom. The van der Waals surface area contributed by atoms with Gasteiger partial charge in [-0.2, -0.15) is 0 Å². The lowest BCUT2D eigenvalue weighted by Crippen LogP contribution is -2.43. The summed E-state index contributed by atoms with van der Waals surface area (Å²) >= 11 is 18.5. The molecule has 6 atom stereocenters. The van der Waals surface area contributed by atoms with Crippen molar-refractivity contribution < 1.29 is 76.5 Å². The zero-order chi connectivity index (χ0) is 78.6. The number of likely N-dealkylation sites (N-methyl/N-ethyl adjacent to an activating group) is 1. The first-order valence-electron chi connectivity index (χ1n) is 37.7. The van der Waals surface area contributed by atoms with Gasteiger partial charge >= 0.3 is 24.2 Å². The fourth-order valence-corrected chi connectivity index (χ4v) is 13.7. The molecule has 0 aliphatic carbocycles. The first kappa shape index (κ1) is 90.0. The van der Waals surface area contributed by atoms with Gasteiger partial charge in [0.15, 0.2) is 0 Å². The Morgan fingerprint density at radius 2 is 0.761 bits per heavy atom. The van der Waals surface area contributed by atoms with Crippen molar-refractivity contribution in [1.29, 1.82) is 0 Å². The first-order valence-corrected chi connectivity index (χ1v) is 38.8. The maximum absolute atomic E-state index is 13.2. The van der Waals surface area contributed by atoms with Crippen LogP contribution in [0.4, 0.5) is 14.4 Å². The van der Waals surface area contributed by atoms with Crippen molar-refractivity contribution in [2.24, 2.45) is 23.5 Å². The molecule has 5 amide bonds. The second-order valence-electron chi connectivity index (χ2n) is 27.0. The van der Waals surface area contributed by atoms with Crippen LogP contribution in [0.5, 0.6) is 0 Å². The average molecular weight is 1570 g/mol. The summed E-state index contributed by atoms with van der Waals surface area (Å²) in [5.74, 6) is 0.740. The quantitative estimate of drug-likeness (QED) is 0.0135. The van der Waals surface area contributed by atoms with Crippen molar-refractivity contribution in [1.82, 2.24) is 31.9 Å². The largest absolute Gasteiger partial charge is 0.478 e. The minimum Gasteiger partial charge on any atom is -0.478 e. The van der Waals surface area contributed by atoms with E-state index in [0.29, 0.717) is 56.2 Å². The Bertz CT molecular complexity index is 3520. The van der Waals surface area contributed by atoms with Crippen LogP contribution in [0, 0.1) is 17.8 Å². The monoisotopic (exact) mass is 1570 g/mol. The molecule has 2 unspecified atom stereocenters. The van der Waals surface area contributed by atoms with E-state index in [4.69, 9.17) is 69.0 Å². The van der Waals surface area contributed by atoms with Gasteiger partial charge in [-0.1, -0.05) is 134 Å². The van der Waals surface area contributed by atoms with Gasteiger partial charge in [0.1, 0.15) is 18.3 Å². The molecule has 596 valence electrons. The van der Waals surface area contributed by atoms with E-state index in [1.165, 1.54) is 59.5 Å². The van der Waals surface area contributed by atoms with Gasteiger partial charge in [0.2, 0.25) is 0 Å². The Morgan fingerprint density at radius 1 is 0.450 bits per heavy atom. The molecule has 0 spiro atoms. The lowest BCUT2D eigenvalue weighted by atomic mass is 9.90. The van der Waals surface area contributed by atoms with Gasteiger partial charge in [-0.25, -0.2) is 19.2 Å². The number of methoxy groups -OCH3 is 3. The highest BCUT2D eigenvalue weighted by atomic mass is 35.5. The van der Waals surface area contributed by atoms with Crippen molar-refractivity contribution in [2.45, 2.75) is 134 Å². The molecular weight excluding hydrogens is 1460 g/mol. The molecule has 0 aromatic heterocycles. The van der Waals surface area contributed by atoms with Crippen LogP contribution in [0.1, 0.15) is 180 Å². The molecule has 6 aromatic carbocycles. The highest BCUT2D eigenvalue weighted by molar-refractivity contribution is 6.31. The highest BCUT2D eigenvalue weighted by Gasteiger charge is 2.26. The fourth-order valence-electron chi connectivity index (χ4n) is 13.1. The lowest BCUT2D eigenvalue weighted by Gasteiger charge is -2.27. The van der Waals surface area contributed by atoms with Crippen LogP contribution in [0.3, 0.4) is 0 Å². The van der Waals surface area contributed by atoms with E-state index in [0.717, 1.165) is 125 Å². The van der Waals surface area contributed by atoms with Gasteiger partial charge in [-0.15, -0.1) is 0 Å². The summed E-state index contributed by atoms with van der Waals surface area (Å²) in [7, 11) is 5.80. The van der Waals surface area contributed by atoms with E-state index < -0.39 is 42.6 Å². The predicted molar refractivity (Wildman–Crippen MR) is 424 cm³/mol. The molecule has 23 nitrogen and oxygen atoms in total. The number of nitrogens with one attached hydrogen (secondary N) is 6. The molecular formula is C83H112Cl3N7O16. The van der Waals surface area contributed by atoms with E-state index >= 15 is 0 Å². The Labute approximate surface area is 657 Å². The summed E-state index contributed by atoms with van der Waals surface area (Å²) in [5, 5.41) is 28.3. The van der Waals surface area contributed by atoms with Crippen LogP contribution in [-0.4, -0.2) is 173 Å². The van der Waals surface area contributed by atoms with Crippen LogP contribution in [0.2, 0.25) is 15.1 Å². The number of halogens is 3. The minimum absolute atomic E-state index is 0.0265. The standard InChI is InChI=1S/C28H37ClN2O5.C27H36ClN3O5.C18H18ClNO5.C10H21NO/c1-3-6-25(17-20-11-14-35-15-12-20)31-27(32)23-9-4-7-21(18-23)26(22-8-5-10-24(29)19-22)36-16-13-30-28(33)34-2;1-29-18-24(15-19-9-12-35-13-10-19)31-26(32)22-7-3-5-20(16-22)25(21-6-4-8-23(28)17-21)36-14-11-30-27(33)34-2;1-24-18(23)20-8-9-25-16(13-5-3-7-15(19)11-13)12-4-2-6-14(10-12)17(21)22;1-2-3-10(11)8-9-4-6-12-7-5-9/h4-5,7-10,18-20,25-26H,3,6,11-17H2,1-2H3,(H,30,33)(H,31,32);3-8,16-17,19,24-25,29H,9-15,18H2,1-2H3,(H,30,33)(H,31,32);2-7,10-11,16H,8-9H2,1H3,(H,20,23)(H,21,22);9-10H,2-8,11H2,1H3/t25-,26?;24-,25+;;10-/m10.1/s1. The number of hydrogen-bond acceptors (Lipinski definition) is 17. The molecule has 26 heteroatoms. The third-order valence-electron chi connectivity index (χ3n) is 18.6. The van der Waals surface area contributed by atoms with Crippen molar-refractivity contribution >= 4 is 70.9 Å². The molecule has 0 bridgehead atoms. The predicted octanol–water partition coefficient (Wildman–Crippen LogP) is 14.9. The van der Waals surface area contributed by atoms with Crippen molar-refractivity contribution in [2.75, 3.05) is 114 Å². The van der Waals surface area contributed by atoms with Gasteiger partial charge in [-0.3, -0.25) is 9.59 Å². The number of benzene rings is 6. The van der Waals surface area contributed by atoms with Crippen LogP contribution in [0.25, 0.3) is 0 Å². The van der Waals surface area contributed by atoms with Crippen LogP contribution >= 0.6 is 34.8 Å². The van der Waals surface area contributed by atoms with Gasteiger partial charge in [0, 0.05) is 110 Å². The van der Waals surface area contributed by atoms with Gasteiger partial charge in [0.05, 0.1) is 46.7 Å².